The van der Waals surface area contributed by atoms with E-state index in [4.69, 9.17) is 5.11 Å². The van der Waals surface area contributed by atoms with Gasteiger partial charge >= 0.3 is 0 Å². The summed E-state index contributed by atoms with van der Waals surface area (Å²) in [5.74, 6) is -0.888. The fraction of sp³-hybridized carbons (Fsp3) is 0.500. The van der Waals surface area contributed by atoms with Crippen molar-refractivity contribution in [2.45, 2.75) is 26.2 Å². The third kappa shape index (κ3) is 5.71. The topological polar surface area (TPSA) is 83.5 Å². The van der Waals surface area contributed by atoms with E-state index < -0.39 is 21.5 Å². The van der Waals surface area contributed by atoms with Gasteiger partial charge in [-0.05, 0) is 30.0 Å². The minimum atomic E-state index is -3.46. The Hall–Kier alpha value is -1.40. The Balaban J connectivity index is 2.58. The summed E-state index contributed by atoms with van der Waals surface area (Å²) in [4.78, 5) is 11.7. The van der Waals surface area contributed by atoms with E-state index >= 15 is 0 Å². The summed E-state index contributed by atoms with van der Waals surface area (Å²) < 4.78 is 23.1. The van der Waals surface area contributed by atoms with Crippen LogP contribution >= 0.6 is 0 Å². The van der Waals surface area contributed by atoms with Crippen LogP contribution in [-0.4, -0.2) is 37.5 Å². The Kier molecular flexibility index (Phi) is 6.16. The lowest BCUT2D eigenvalue weighted by atomic mass is 10.0. The van der Waals surface area contributed by atoms with Crippen LogP contribution in [0.15, 0.2) is 24.3 Å². The Morgan fingerprint density at radius 1 is 1.25 bits per heavy atom. The van der Waals surface area contributed by atoms with Crippen molar-refractivity contribution in [1.82, 2.24) is 0 Å². The lowest BCUT2D eigenvalue weighted by Crippen LogP contribution is -2.25. The van der Waals surface area contributed by atoms with Gasteiger partial charge in [0.2, 0.25) is 5.91 Å². The van der Waals surface area contributed by atoms with Crippen LogP contribution in [0.3, 0.4) is 0 Å². The van der Waals surface area contributed by atoms with Crippen molar-refractivity contribution in [1.29, 1.82) is 0 Å². The minimum Gasteiger partial charge on any atom is -0.396 e. The van der Waals surface area contributed by atoms with Crippen LogP contribution in [0.2, 0.25) is 0 Å². The molecular weight excluding hydrogens is 278 g/mol. The third-order valence-corrected chi connectivity index (χ3v) is 4.44. The Labute approximate surface area is 119 Å². The normalized spacial score (nSPS) is 11.6. The minimum absolute atomic E-state index is 0.151. The molecule has 1 aromatic carbocycles. The molecule has 1 amide bonds. The van der Waals surface area contributed by atoms with Crippen LogP contribution in [0.5, 0.6) is 0 Å². The van der Waals surface area contributed by atoms with Crippen molar-refractivity contribution in [2.24, 2.45) is 0 Å². The number of benzene rings is 1. The Morgan fingerprint density at radius 3 is 2.35 bits per heavy atom. The second-order valence-electron chi connectivity index (χ2n) is 4.99. The maximum absolute atomic E-state index is 11.7. The van der Waals surface area contributed by atoms with Crippen LogP contribution in [0, 0.1) is 0 Å². The number of hydrogen-bond donors (Lipinski definition) is 2. The largest absolute Gasteiger partial charge is 0.396 e. The van der Waals surface area contributed by atoms with Gasteiger partial charge in [0.25, 0.3) is 0 Å². The third-order valence-electron chi connectivity index (χ3n) is 2.83. The first-order chi connectivity index (χ1) is 9.34. The van der Waals surface area contributed by atoms with Gasteiger partial charge in [-0.3, -0.25) is 4.79 Å². The highest BCUT2D eigenvalue weighted by Gasteiger charge is 2.16. The lowest BCUT2D eigenvalue weighted by Gasteiger charge is -2.08. The number of anilines is 1. The maximum Gasteiger partial charge on any atom is 0.239 e. The van der Waals surface area contributed by atoms with Gasteiger partial charge in [-0.15, -0.1) is 0 Å². The second-order valence-corrected chi connectivity index (χ2v) is 7.18. The number of aliphatic hydroxyl groups excluding tert-OH is 1. The molecule has 0 saturated heterocycles. The zero-order valence-electron chi connectivity index (χ0n) is 11.8. The average molecular weight is 299 g/mol. The van der Waals surface area contributed by atoms with E-state index in [0.717, 1.165) is 5.56 Å². The molecule has 0 spiro atoms. The molecule has 0 atom stereocenters. The van der Waals surface area contributed by atoms with Crippen LogP contribution in [-0.2, 0) is 14.6 Å². The fourth-order valence-corrected chi connectivity index (χ4v) is 2.89. The molecule has 6 heteroatoms. The van der Waals surface area contributed by atoms with Gasteiger partial charge in [-0.2, -0.15) is 0 Å². The highest BCUT2D eigenvalue weighted by molar-refractivity contribution is 7.92. The zero-order valence-corrected chi connectivity index (χ0v) is 12.6. The van der Waals surface area contributed by atoms with Gasteiger partial charge in [0, 0.05) is 12.3 Å². The van der Waals surface area contributed by atoms with Crippen molar-refractivity contribution in [3.8, 4) is 0 Å². The lowest BCUT2D eigenvalue weighted by molar-refractivity contribution is -0.113. The van der Waals surface area contributed by atoms with Crippen LogP contribution < -0.4 is 5.32 Å². The number of rotatable bonds is 7. The molecule has 1 aromatic rings. The van der Waals surface area contributed by atoms with Gasteiger partial charge in [0.1, 0.15) is 5.75 Å². The monoisotopic (exact) mass is 299 g/mol. The number of aliphatic hydroxyl groups is 1. The molecule has 1 rings (SSSR count). The predicted molar refractivity (Wildman–Crippen MR) is 79.5 cm³/mol. The molecule has 112 valence electrons. The predicted octanol–water partition coefficient (Wildman–Crippen LogP) is 1.55. The highest BCUT2D eigenvalue weighted by Crippen LogP contribution is 2.17. The fourth-order valence-electron chi connectivity index (χ4n) is 1.70. The number of hydrogen-bond acceptors (Lipinski definition) is 4. The first-order valence-electron chi connectivity index (χ1n) is 6.55. The van der Waals surface area contributed by atoms with E-state index in [1.54, 1.807) is 12.1 Å². The molecule has 0 aliphatic rings. The smallest absolute Gasteiger partial charge is 0.239 e. The molecule has 0 saturated carbocycles. The molecule has 0 aliphatic heterocycles. The van der Waals surface area contributed by atoms with Crippen molar-refractivity contribution < 1.29 is 18.3 Å². The molecule has 0 radical (unpaired) electrons. The number of amides is 1. The van der Waals surface area contributed by atoms with Crippen LogP contribution in [0.25, 0.3) is 0 Å². The SMILES string of the molecule is CC(C)c1ccc(NC(=O)CS(=O)(=O)CCCO)cc1. The van der Waals surface area contributed by atoms with Crippen molar-refractivity contribution in [3.63, 3.8) is 0 Å². The zero-order chi connectivity index (χ0) is 15.2. The standard InChI is InChI=1S/C14H21NO4S/c1-11(2)12-4-6-13(7-5-12)15-14(17)10-20(18,19)9-3-8-16/h4-7,11,16H,3,8-10H2,1-2H3,(H,15,17). The summed E-state index contributed by atoms with van der Waals surface area (Å²) in [6.07, 6.45) is 0.151. The van der Waals surface area contributed by atoms with Crippen LogP contribution in [0.1, 0.15) is 31.7 Å². The molecule has 2 N–H and O–H groups in total. The number of carbonyl (C=O) groups excluding carboxylic acids is 1. The van der Waals surface area contributed by atoms with Gasteiger partial charge < -0.3 is 10.4 Å². The van der Waals surface area contributed by atoms with E-state index in [-0.39, 0.29) is 18.8 Å². The quantitative estimate of drug-likeness (QED) is 0.800. The summed E-state index contributed by atoms with van der Waals surface area (Å²) in [5, 5.41) is 11.2. The van der Waals surface area contributed by atoms with Crippen LogP contribution in [0.4, 0.5) is 5.69 Å². The highest BCUT2D eigenvalue weighted by atomic mass is 32.2. The summed E-state index contributed by atoms with van der Waals surface area (Å²) in [5.41, 5.74) is 1.73. The van der Waals surface area contributed by atoms with Gasteiger partial charge in [-0.25, -0.2) is 8.42 Å². The van der Waals surface area contributed by atoms with E-state index in [2.05, 4.69) is 19.2 Å². The molecule has 0 fully saturated rings. The Bertz CT molecular complexity index is 535. The molecule has 5 nitrogen and oxygen atoms in total. The number of carbonyl (C=O) groups is 1. The summed E-state index contributed by atoms with van der Waals surface area (Å²) in [6, 6.07) is 7.32. The molecule has 0 bridgehead atoms. The first-order valence-corrected chi connectivity index (χ1v) is 8.37. The average Bonchev–Trinajstić information content (AvgIpc) is 2.36. The van der Waals surface area contributed by atoms with E-state index in [9.17, 15) is 13.2 Å². The molecular formula is C14H21NO4S. The van der Waals surface area contributed by atoms with E-state index in [0.29, 0.717) is 11.6 Å². The Morgan fingerprint density at radius 2 is 1.85 bits per heavy atom. The van der Waals surface area contributed by atoms with Crippen molar-refractivity contribution >= 4 is 21.4 Å². The van der Waals surface area contributed by atoms with Crippen molar-refractivity contribution in [2.75, 3.05) is 23.4 Å². The molecule has 20 heavy (non-hydrogen) atoms. The van der Waals surface area contributed by atoms with Gasteiger partial charge in [-0.1, -0.05) is 26.0 Å². The van der Waals surface area contributed by atoms with E-state index in [1.807, 2.05) is 12.1 Å². The molecule has 0 aliphatic carbocycles. The maximum atomic E-state index is 11.7. The molecule has 0 aromatic heterocycles. The molecule has 0 unspecified atom stereocenters. The summed E-state index contributed by atoms with van der Waals surface area (Å²) in [7, 11) is -3.46. The number of nitrogens with one attached hydrogen (secondary N) is 1. The second kappa shape index (κ2) is 7.40. The van der Waals surface area contributed by atoms with Gasteiger partial charge in [0.15, 0.2) is 9.84 Å². The van der Waals surface area contributed by atoms with Gasteiger partial charge in [0.05, 0.1) is 5.75 Å². The van der Waals surface area contributed by atoms with E-state index in [1.165, 1.54) is 0 Å². The summed E-state index contributed by atoms with van der Waals surface area (Å²) in [6.45, 7) is 3.94. The van der Waals surface area contributed by atoms with Crippen molar-refractivity contribution in [3.05, 3.63) is 29.8 Å². The molecule has 0 heterocycles. The number of sulfone groups is 1. The summed E-state index contributed by atoms with van der Waals surface area (Å²) >= 11 is 0. The first kappa shape index (κ1) is 16.7.